The number of hydrogen-bond acceptors (Lipinski definition) is 2. The average Bonchev–Trinajstić information content (AvgIpc) is 2.57. The molecule has 1 heterocycles. The van der Waals surface area contributed by atoms with Gasteiger partial charge in [-0.15, -0.1) is 0 Å². The Morgan fingerprint density at radius 2 is 2.14 bits per heavy atom. The van der Waals surface area contributed by atoms with E-state index < -0.39 is 0 Å². The fourth-order valence-electron chi connectivity index (χ4n) is 1.28. The van der Waals surface area contributed by atoms with E-state index in [-0.39, 0.29) is 5.78 Å². The van der Waals surface area contributed by atoms with Gasteiger partial charge in [0.1, 0.15) is 11.3 Å². The van der Waals surface area contributed by atoms with Gasteiger partial charge in [-0.2, -0.15) is 0 Å². The standard InChI is InChI=1S/C12H10O2/c1-9(13)6-7-11-8-10-4-2-3-5-12(10)14-11/h2-8H,1H3/b7-6+. The van der Waals surface area contributed by atoms with Crippen LogP contribution >= 0.6 is 0 Å². The van der Waals surface area contributed by atoms with E-state index >= 15 is 0 Å². The molecule has 0 saturated heterocycles. The first kappa shape index (κ1) is 8.75. The van der Waals surface area contributed by atoms with Crippen LogP contribution in [0.2, 0.25) is 0 Å². The molecule has 14 heavy (non-hydrogen) atoms. The van der Waals surface area contributed by atoms with Gasteiger partial charge in [0.2, 0.25) is 0 Å². The van der Waals surface area contributed by atoms with Gasteiger partial charge in [0, 0.05) is 5.39 Å². The SMILES string of the molecule is CC(=O)/C=C/c1cc2ccccc2o1. The van der Waals surface area contributed by atoms with E-state index in [1.807, 2.05) is 30.3 Å². The summed E-state index contributed by atoms with van der Waals surface area (Å²) < 4.78 is 5.48. The monoisotopic (exact) mass is 186 g/mol. The predicted molar refractivity (Wildman–Crippen MR) is 55.9 cm³/mol. The van der Waals surface area contributed by atoms with Crippen LogP contribution in [0.5, 0.6) is 0 Å². The highest BCUT2D eigenvalue weighted by Gasteiger charge is 1.98. The van der Waals surface area contributed by atoms with Crippen molar-refractivity contribution in [1.29, 1.82) is 0 Å². The second-order valence-corrected chi connectivity index (χ2v) is 3.13. The third-order valence-electron chi connectivity index (χ3n) is 1.93. The first-order valence-corrected chi connectivity index (χ1v) is 4.43. The number of allylic oxidation sites excluding steroid dienone is 1. The fraction of sp³-hybridized carbons (Fsp3) is 0.0833. The summed E-state index contributed by atoms with van der Waals surface area (Å²) in [4.78, 5) is 10.7. The van der Waals surface area contributed by atoms with E-state index in [1.54, 1.807) is 6.08 Å². The predicted octanol–water partition coefficient (Wildman–Crippen LogP) is 3.04. The second-order valence-electron chi connectivity index (χ2n) is 3.13. The molecule has 0 amide bonds. The van der Waals surface area contributed by atoms with E-state index in [2.05, 4.69) is 0 Å². The summed E-state index contributed by atoms with van der Waals surface area (Å²) >= 11 is 0. The molecule has 0 N–H and O–H groups in total. The van der Waals surface area contributed by atoms with Crippen LogP contribution in [0.15, 0.2) is 40.8 Å². The number of furan rings is 1. The van der Waals surface area contributed by atoms with Gasteiger partial charge in [-0.25, -0.2) is 0 Å². The van der Waals surface area contributed by atoms with Crippen LogP contribution in [0.3, 0.4) is 0 Å². The molecule has 0 aliphatic carbocycles. The Labute approximate surface area is 81.8 Å². The normalized spacial score (nSPS) is 11.2. The lowest BCUT2D eigenvalue weighted by Gasteiger charge is -1.83. The van der Waals surface area contributed by atoms with Crippen molar-refractivity contribution in [2.24, 2.45) is 0 Å². The quantitative estimate of drug-likeness (QED) is 0.675. The van der Waals surface area contributed by atoms with Crippen molar-refractivity contribution in [2.45, 2.75) is 6.92 Å². The summed E-state index contributed by atoms with van der Waals surface area (Å²) in [6.07, 6.45) is 3.18. The molecule has 0 unspecified atom stereocenters. The molecule has 0 bridgehead atoms. The molecular formula is C12H10O2. The summed E-state index contributed by atoms with van der Waals surface area (Å²) in [5.74, 6) is 0.729. The highest BCUT2D eigenvalue weighted by molar-refractivity contribution is 5.92. The molecular weight excluding hydrogens is 176 g/mol. The van der Waals surface area contributed by atoms with Crippen molar-refractivity contribution in [1.82, 2.24) is 0 Å². The first-order chi connectivity index (χ1) is 6.75. The molecule has 0 radical (unpaired) electrons. The molecule has 0 atom stereocenters. The maximum Gasteiger partial charge on any atom is 0.152 e. The van der Waals surface area contributed by atoms with Crippen LogP contribution in [0.25, 0.3) is 17.0 Å². The summed E-state index contributed by atoms with van der Waals surface area (Å²) in [6, 6.07) is 9.67. The Morgan fingerprint density at radius 1 is 1.36 bits per heavy atom. The molecule has 0 spiro atoms. The number of para-hydroxylation sites is 1. The van der Waals surface area contributed by atoms with Crippen LogP contribution in [-0.2, 0) is 4.79 Å². The maximum absolute atomic E-state index is 10.7. The number of rotatable bonds is 2. The third-order valence-corrected chi connectivity index (χ3v) is 1.93. The lowest BCUT2D eigenvalue weighted by atomic mass is 10.2. The lowest BCUT2D eigenvalue weighted by Crippen LogP contribution is -1.78. The Balaban J connectivity index is 2.40. The number of carbonyl (C=O) groups is 1. The summed E-state index contributed by atoms with van der Waals surface area (Å²) in [7, 11) is 0. The zero-order valence-electron chi connectivity index (χ0n) is 7.86. The molecule has 2 nitrogen and oxygen atoms in total. The van der Waals surface area contributed by atoms with Gasteiger partial charge in [0.05, 0.1) is 0 Å². The van der Waals surface area contributed by atoms with Gasteiger partial charge in [-0.1, -0.05) is 18.2 Å². The van der Waals surface area contributed by atoms with Crippen molar-refractivity contribution in [3.8, 4) is 0 Å². The lowest BCUT2D eigenvalue weighted by molar-refractivity contribution is -0.112. The molecule has 1 aromatic heterocycles. The Kier molecular flexibility index (Phi) is 2.19. The molecule has 2 aromatic rings. The van der Waals surface area contributed by atoms with Crippen molar-refractivity contribution in [3.05, 3.63) is 42.2 Å². The largest absolute Gasteiger partial charge is 0.457 e. The molecule has 0 fully saturated rings. The minimum Gasteiger partial charge on any atom is -0.457 e. The summed E-state index contributed by atoms with van der Waals surface area (Å²) in [5.41, 5.74) is 0.843. The van der Waals surface area contributed by atoms with E-state index in [4.69, 9.17) is 4.42 Å². The van der Waals surface area contributed by atoms with Crippen molar-refractivity contribution in [3.63, 3.8) is 0 Å². The number of ketones is 1. The molecule has 2 rings (SSSR count). The van der Waals surface area contributed by atoms with Gasteiger partial charge in [-0.3, -0.25) is 4.79 Å². The number of fused-ring (bicyclic) bond motifs is 1. The number of carbonyl (C=O) groups excluding carboxylic acids is 1. The minimum absolute atomic E-state index is 0.0189. The van der Waals surface area contributed by atoms with Gasteiger partial charge >= 0.3 is 0 Å². The number of benzene rings is 1. The Bertz CT molecular complexity index is 459. The first-order valence-electron chi connectivity index (χ1n) is 4.43. The second kappa shape index (κ2) is 3.50. The van der Waals surface area contributed by atoms with Crippen molar-refractivity contribution < 1.29 is 9.21 Å². The van der Waals surface area contributed by atoms with Crippen molar-refractivity contribution in [2.75, 3.05) is 0 Å². The van der Waals surface area contributed by atoms with E-state index in [9.17, 15) is 4.79 Å². The van der Waals surface area contributed by atoms with Gasteiger partial charge in [0.25, 0.3) is 0 Å². The van der Waals surface area contributed by atoms with Crippen LogP contribution in [0.4, 0.5) is 0 Å². The molecule has 1 aromatic carbocycles. The topological polar surface area (TPSA) is 30.2 Å². The Hall–Kier alpha value is -1.83. The number of hydrogen-bond donors (Lipinski definition) is 0. The zero-order chi connectivity index (χ0) is 9.97. The molecule has 0 aliphatic rings. The van der Waals surface area contributed by atoms with Crippen LogP contribution in [0.1, 0.15) is 12.7 Å². The minimum atomic E-state index is 0.0189. The Morgan fingerprint density at radius 3 is 2.86 bits per heavy atom. The maximum atomic E-state index is 10.7. The average molecular weight is 186 g/mol. The third kappa shape index (κ3) is 1.74. The van der Waals surface area contributed by atoms with E-state index in [0.717, 1.165) is 11.0 Å². The summed E-state index contributed by atoms with van der Waals surface area (Å²) in [5, 5.41) is 1.05. The van der Waals surface area contributed by atoms with Gasteiger partial charge in [0.15, 0.2) is 5.78 Å². The van der Waals surface area contributed by atoms with Crippen LogP contribution in [0, 0.1) is 0 Å². The molecule has 0 aliphatic heterocycles. The molecule has 70 valence electrons. The van der Waals surface area contributed by atoms with E-state index in [0.29, 0.717) is 5.76 Å². The van der Waals surface area contributed by atoms with Gasteiger partial charge in [-0.05, 0) is 31.2 Å². The summed E-state index contributed by atoms with van der Waals surface area (Å²) in [6.45, 7) is 1.51. The zero-order valence-corrected chi connectivity index (χ0v) is 7.86. The van der Waals surface area contributed by atoms with Crippen molar-refractivity contribution >= 4 is 22.8 Å². The smallest absolute Gasteiger partial charge is 0.152 e. The van der Waals surface area contributed by atoms with Crippen LogP contribution in [-0.4, -0.2) is 5.78 Å². The molecule has 0 saturated carbocycles. The fourth-order valence-corrected chi connectivity index (χ4v) is 1.28. The highest BCUT2D eigenvalue weighted by Crippen LogP contribution is 2.19. The van der Waals surface area contributed by atoms with Gasteiger partial charge < -0.3 is 4.42 Å². The highest BCUT2D eigenvalue weighted by atomic mass is 16.3. The van der Waals surface area contributed by atoms with Crippen LogP contribution < -0.4 is 0 Å². The molecule has 2 heteroatoms. The van der Waals surface area contributed by atoms with E-state index in [1.165, 1.54) is 13.0 Å².